The fourth-order valence-electron chi connectivity index (χ4n) is 2.71. The van der Waals surface area contributed by atoms with Crippen molar-refractivity contribution in [3.05, 3.63) is 64.7 Å². The first kappa shape index (κ1) is 15.6. The summed E-state index contributed by atoms with van der Waals surface area (Å²) in [5.41, 5.74) is 5.92. The fraction of sp³-hybridized carbons (Fsp3) is 0.222. The molecule has 1 N–H and O–H groups in total. The minimum Gasteiger partial charge on any atom is -0.362 e. The van der Waals surface area contributed by atoms with Gasteiger partial charge in [-0.05, 0) is 42.2 Å². The first-order valence-corrected chi connectivity index (χ1v) is 8.00. The highest BCUT2D eigenvalue weighted by molar-refractivity contribution is 6.30. The van der Waals surface area contributed by atoms with Crippen LogP contribution >= 0.6 is 11.6 Å². The molecule has 1 aliphatic rings. The number of amides is 1. The molecule has 23 heavy (non-hydrogen) atoms. The summed E-state index contributed by atoms with van der Waals surface area (Å²) in [4.78, 5) is 14.2. The van der Waals surface area contributed by atoms with Crippen molar-refractivity contribution >= 4 is 29.4 Å². The molecule has 3 rings (SSSR count). The number of benzene rings is 2. The van der Waals surface area contributed by atoms with Crippen LogP contribution in [0.1, 0.15) is 17.5 Å². The maximum Gasteiger partial charge on any atom is 0.259 e. The molecule has 1 amide bonds. The molecule has 0 bridgehead atoms. The van der Waals surface area contributed by atoms with Crippen molar-refractivity contribution in [2.24, 2.45) is 5.10 Å². The molecule has 0 aromatic heterocycles. The van der Waals surface area contributed by atoms with E-state index in [0.717, 1.165) is 30.6 Å². The second-order valence-corrected chi connectivity index (χ2v) is 5.93. The second kappa shape index (κ2) is 7.29. The largest absolute Gasteiger partial charge is 0.362 e. The molecule has 0 fully saturated rings. The van der Waals surface area contributed by atoms with Crippen molar-refractivity contribution in [3.8, 4) is 0 Å². The minimum atomic E-state index is -0.119. The zero-order valence-electron chi connectivity index (χ0n) is 12.7. The lowest BCUT2D eigenvalue weighted by Crippen LogP contribution is -2.38. The molecular formula is C18H18ClN3O. The van der Waals surface area contributed by atoms with Crippen LogP contribution in [0.4, 0.5) is 5.69 Å². The van der Waals surface area contributed by atoms with E-state index in [1.165, 1.54) is 5.56 Å². The molecule has 2 aromatic rings. The van der Waals surface area contributed by atoms with Crippen LogP contribution < -0.4 is 10.3 Å². The Hall–Kier alpha value is -2.33. The van der Waals surface area contributed by atoms with Gasteiger partial charge in [-0.2, -0.15) is 5.10 Å². The van der Waals surface area contributed by atoms with Gasteiger partial charge in [-0.1, -0.05) is 41.9 Å². The van der Waals surface area contributed by atoms with Crippen molar-refractivity contribution in [2.45, 2.75) is 12.8 Å². The van der Waals surface area contributed by atoms with E-state index in [2.05, 4.69) is 27.6 Å². The van der Waals surface area contributed by atoms with Crippen LogP contribution in [0.3, 0.4) is 0 Å². The second-order valence-electron chi connectivity index (χ2n) is 5.50. The zero-order valence-corrected chi connectivity index (χ0v) is 13.5. The van der Waals surface area contributed by atoms with E-state index in [9.17, 15) is 4.79 Å². The minimum absolute atomic E-state index is 0.119. The molecule has 0 aliphatic carbocycles. The zero-order chi connectivity index (χ0) is 16.1. The van der Waals surface area contributed by atoms with Crippen LogP contribution in [-0.4, -0.2) is 25.2 Å². The van der Waals surface area contributed by atoms with Gasteiger partial charge in [-0.15, -0.1) is 0 Å². The Balaban J connectivity index is 1.57. The van der Waals surface area contributed by atoms with E-state index in [1.807, 2.05) is 24.3 Å². The quantitative estimate of drug-likeness (QED) is 0.692. The molecule has 118 valence electrons. The number of para-hydroxylation sites is 1. The first-order valence-electron chi connectivity index (χ1n) is 7.63. The van der Waals surface area contributed by atoms with Crippen molar-refractivity contribution < 1.29 is 4.79 Å². The maximum atomic E-state index is 12.1. The number of hydrogen-bond donors (Lipinski definition) is 1. The van der Waals surface area contributed by atoms with Crippen LogP contribution in [0, 0.1) is 0 Å². The third-order valence-electron chi connectivity index (χ3n) is 3.81. The van der Waals surface area contributed by atoms with Crippen molar-refractivity contribution in [1.29, 1.82) is 0 Å². The van der Waals surface area contributed by atoms with Gasteiger partial charge in [0.2, 0.25) is 0 Å². The Morgan fingerprint density at radius 3 is 2.83 bits per heavy atom. The number of carbonyl (C=O) groups is 1. The van der Waals surface area contributed by atoms with E-state index in [-0.39, 0.29) is 5.91 Å². The Morgan fingerprint density at radius 2 is 2.00 bits per heavy atom. The van der Waals surface area contributed by atoms with Crippen LogP contribution in [0.15, 0.2) is 53.6 Å². The topological polar surface area (TPSA) is 44.7 Å². The van der Waals surface area contributed by atoms with Crippen molar-refractivity contribution in [3.63, 3.8) is 0 Å². The number of anilines is 1. The van der Waals surface area contributed by atoms with Crippen molar-refractivity contribution in [2.75, 3.05) is 18.0 Å². The molecule has 2 aromatic carbocycles. The SMILES string of the molecule is O=C(CN1CCCc2ccccc21)N/N=C/c1ccc(Cl)cc1. The summed E-state index contributed by atoms with van der Waals surface area (Å²) in [6, 6.07) is 15.5. The highest BCUT2D eigenvalue weighted by Crippen LogP contribution is 2.26. The van der Waals surface area contributed by atoms with Gasteiger partial charge >= 0.3 is 0 Å². The van der Waals surface area contributed by atoms with E-state index in [0.29, 0.717) is 11.6 Å². The summed E-state index contributed by atoms with van der Waals surface area (Å²) in [6.07, 6.45) is 3.75. The molecule has 1 aliphatic heterocycles. The number of fused-ring (bicyclic) bond motifs is 1. The highest BCUT2D eigenvalue weighted by Gasteiger charge is 2.18. The Labute approximate surface area is 140 Å². The van der Waals surface area contributed by atoms with Gasteiger partial charge in [0.05, 0.1) is 12.8 Å². The number of nitrogens with one attached hydrogen (secondary N) is 1. The number of nitrogens with zero attached hydrogens (tertiary/aromatic N) is 2. The van der Waals surface area contributed by atoms with E-state index in [1.54, 1.807) is 18.3 Å². The average molecular weight is 328 g/mol. The van der Waals surface area contributed by atoms with Gasteiger partial charge in [0, 0.05) is 17.3 Å². The van der Waals surface area contributed by atoms with Gasteiger partial charge in [-0.25, -0.2) is 5.43 Å². The van der Waals surface area contributed by atoms with E-state index >= 15 is 0 Å². The lowest BCUT2D eigenvalue weighted by molar-refractivity contribution is -0.119. The molecule has 0 saturated carbocycles. The number of hydrogen-bond acceptors (Lipinski definition) is 3. The number of hydrazone groups is 1. The normalized spacial score (nSPS) is 13.9. The predicted molar refractivity (Wildman–Crippen MR) is 94.2 cm³/mol. The van der Waals surface area contributed by atoms with Gasteiger partial charge in [-0.3, -0.25) is 4.79 Å². The lowest BCUT2D eigenvalue weighted by Gasteiger charge is -2.30. The Kier molecular flexibility index (Phi) is 4.93. The van der Waals surface area contributed by atoms with Crippen LogP contribution in [0.2, 0.25) is 5.02 Å². The van der Waals surface area contributed by atoms with Crippen molar-refractivity contribution in [1.82, 2.24) is 5.43 Å². The maximum absolute atomic E-state index is 12.1. The van der Waals surface area contributed by atoms with Crippen LogP contribution in [0.5, 0.6) is 0 Å². The monoisotopic (exact) mass is 327 g/mol. The summed E-state index contributed by atoms with van der Waals surface area (Å²) in [5.74, 6) is -0.119. The molecular weight excluding hydrogens is 310 g/mol. The number of rotatable bonds is 4. The summed E-state index contributed by atoms with van der Waals surface area (Å²) in [7, 11) is 0. The molecule has 0 radical (unpaired) electrons. The molecule has 0 saturated heterocycles. The van der Waals surface area contributed by atoms with E-state index < -0.39 is 0 Å². The predicted octanol–water partition coefficient (Wildman–Crippen LogP) is 3.24. The molecule has 4 nitrogen and oxygen atoms in total. The molecule has 0 unspecified atom stereocenters. The number of carbonyl (C=O) groups excluding carboxylic acids is 1. The van der Waals surface area contributed by atoms with Crippen LogP contribution in [-0.2, 0) is 11.2 Å². The van der Waals surface area contributed by atoms with Gasteiger partial charge in [0.1, 0.15) is 0 Å². The van der Waals surface area contributed by atoms with E-state index in [4.69, 9.17) is 11.6 Å². The number of halogens is 1. The number of aryl methyl sites for hydroxylation is 1. The Bertz CT molecular complexity index is 712. The molecule has 0 spiro atoms. The smallest absolute Gasteiger partial charge is 0.259 e. The third-order valence-corrected chi connectivity index (χ3v) is 4.07. The molecule has 0 atom stereocenters. The van der Waals surface area contributed by atoms with Crippen LogP contribution in [0.25, 0.3) is 0 Å². The summed E-state index contributed by atoms with van der Waals surface area (Å²) in [5, 5.41) is 4.67. The highest BCUT2D eigenvalue weighted by atomic mass is 35.5. The lowest BCUT2D eigenvalue weighted by atomic mass is 10.0. The standard InChI is InChI=1S/C18H18ClN3O/c19-16-9-7-14(8-10-16)12-20-21-18(23)13-22-11-3-5-15-4-1-2-6-17(15)22/h1-2,4,6-10,12H,3,5,11,13H2,(H,21,23)/b20-12+. The molecule has 5 heteroatoms. The molecule has 1 heterocycles. The first-order chi connectivity index (χ1) is 11.2. The average Bonchev–Trinajstić information content (AvgIpc) is 2.57. The summed E-state index contributed by atoms with van der Waals surface area (Å²) < 4.78 is 0. The van der Waals surface area contributed by atoms with Gasteiger partial charge < -0.3 is 4.90 Å². The summed E-state index contributed by atoms with van der Waals surface area (Å²) >= 11 is 5.83. The fourth-order valence-corrected chi connectivity index (χ4v) is 2.84. The van der Waals surface area contributed by atoms with Gasteiger partial charge in [0.15, 0.2) is 0 Å². The third kappa shape index (κ3) is 4.11. The Morgan fingerprint density at radius 1 is 1.22 bits per heavy atom. The van der Waals surface area contributed by atoms with Gasteiger partial charge in [0.25, 0.3) is 5.91 Å². The summed E-state index contributed by atoms with van der Waals surface area (Å²) in [6.45, 7) is 1.21.